The highest BCUT2D eigenvalue weighted by Gasteiger charge is 2.28. The highest BCUT2D eigenvalue weighted by molar-refractivity contribution is 5.85. The van der Waals surface area contributed by atoms with Crippen molar-refractivity contribution in [2.45, 2.75) is 46.2 Å². The van der Waals surface area contributed by atoms with E-state index >= 15 is 0 Å². The van der Waals surface area contributed by atoms with Crippen LogP contribution in [0.4, 0.5) is 0 Å². The lowest BCUT2D eigenvalue weighted by molar-refractivity contribution is -0.136. The van der Waals surface area contributed by atoms with Gasteiger partial charge in [0.2, 0.25) is 5.91 Å². The van der Waals surface area contributed by atoms with Crippen molar-refractivity contribution in [3.8, 4) is 0 Å². The molecule has 25 heavy (non-hydrogen) atoms. The Bertz CT molecular complexity index is 467. The fraction of sp³-hybridized carbons (Fsp3) is 0.632. The van der Waals surface area contributed by atoms with Gasteiger partial charge >= 0.3 is 0 Å². The molecule has 0 saturated carbocycles. The molecule has 0 spiro atoms. The van der Waals surface area contributed by atoms with Gasteiger partial charge < -0.3 is 10.6 Å². The number of hydrogen-bond donors (Lipinski definition) is 1. The number of nitrogens with two attached hydrogens (primary N) is 1. The predicted molar refractivity (Wildman–Crippen MR) is 112 cm³/mol. The maximum Gasteiger partial charge on any atom is 0.244 e. The highest BCUT2D eigenvalue weighted by atomic mass is 35.5. The third-order valence-electron chi connectivity index (χ3n) is 4.56. The van der Waals surface area contributed by atoms with Gasteiger partial charge in [-0.15, -0.1) is 24.8 Å². The molecule has 2 atom stereocenters. The van der Waals surface area contributed by atoms with E-state index in [9.17, 15) is 4.79 Å². The van der Waals surface area contributed by atoms with Gasteiger partial charge in [-0.3, -0.25) is 9.69 Å². The smallest absolute Gasteiger partial charge is 0.244 e. The van der Waals surface area contributed by atoms with Crippen molar-refractivity contribution in [2.75, 3.05) is 26.7 Å². The van der Waals surface area contributed by atoms with Gasteiger partial charge in [0.05, 0.1) is 0 Å². The number of carbonyl (C=O) groups is 1. The molecule has 0 aromatic heterocycles. The molecular formula is C19H35Cl2N3O. The molecular weight excluding hydrogens is 357 g/mol. The Hall–Kier alpha value is -0.810. The lowest BCUT2D eigenvalue weighted by atomic mass is 10.0. The van der Waals surface area contributed by atoms with Crippen molar-refractivity contribution < 1.29 is 4.79 Å². The van der Waals surface area contributed by atoms with Crippen LogP contribution in [-0.2, 0) is 4.79 Å². The van der Waals surface area contributed by atoms with Crippen LogP contribution in [0.2, 0.25) is 0 Å². The minimum Gasteiger partial charge on any atom is -0.344 e. The molecule has 2 N–H and O–H groups in total. The summed E-state index contributed by atoms with van der Waals surface area (Å²) in [7, 11) is 1.88. The number of likely N-dealkylation sites (N-methyl/N-ethyl adjacent to an activating group) is 2. The Morgan fingerprint density at radius 1 is 1.08 bits per heavy atom. The van der Waals surface area contributed by atoms with E-state index in [1.54, 1.807) is 0 Å². The molecule has 0 bridgehead atoms. The van der Waals surface area contributed by atoms with Crippen LogP contribution >= 0.6 is 24.8 Å². The van der Waals surface area contributed by atoms with E-state index in [1.165, 1.54) is 0 Å². The summed E-state index contributed by atoms with van der Waals surface area (Å²) in [6.07, 6.45) is 0.833. The largest absolute Gasteiger partial charge is 0.344 e. The van der Waals surface area contributed by atoms with Crippen molar-refractivity contribution in [3.05, 3.63) is 35.9 Å². The maximum absolute atomic E-state index is 13.0. The number of amides is 1. The number of carbonyl (C=O) groups excluding carboxylic acids is 1. The number of nitrogens with zero attached hydrogens (tertiary/aromatic N) is 2. The molecule has 0 heterocycles. The first-order chi connectivity index (χ1) is 10.9. The van der Waals surface area contributed by atoms with Gasteiger partial charge in [0.25, 0.3) is 0 Å². The third kappa shape index (κ3) is 7.95. The Balaban J connectivity index is 0. The molecule has 0 aliphatic carbocycles. The molecule has 0 fully saturated rings. The molecule has 2 unspecified atom stereocenters. The maximum atomic E-state index is 13.0. The van der Waals surface area contributed by atoms with E-state index in [0.717, 1.165) is 25.1 Å². The summed E-state index contributed by atoms with van der Waals surface area (Å²) in [5, 5.41) is 0. The van der Waals surface area contributed by atoms with Crippen LogP contribution in [0.1, 0.15) is 45.7 Å². The minimum atomic E-state index is -0.216. The molecule has 146 valence electrons. The van der Waals surface area contributed by atoms with Gasteiger partial charge in [-0.2, -0.15) is 0 Å². The van der Waals surface area contributed by atoms with Crippen molar-refractivity contribution in [2.24, 2.45) is 11.7 Å². The number of rotatable bonds is 9. The summed E-state index contributed by atoms with van der Waals surface area (Å²) in [6.45, 7) is 10.8. The Labute approximate surface area is 166 Å². The molecule has 0 aliphatic heterocycles. The van der Waals surface area contributed by atoms with Gasteiger partial charge in [0, 0.05) is 19.6 Å². The van der Waals surface area contributed by atoms with Gasteiger partial charge in [0.1, 0.15) is 6.04 Å². The number of hydrogen-bond acceptors (Lipinski definition) is 3. The topological polar surface area (TPSA) is 49.6 Å². The predicted octanol–water partition coefficient (Wildman–Crippen LogP) is 3.74. The lowest BCUT2D eigenvalue weighted by Gasteiger charge is -2.33. The molecule has 6 heteroatoms. The van der Waals surface area contributed by atoms with Crippen molar-refractivity contribution in [1.82, 2.24) is 9.80 Å². The van der Waals surface area contributed by atoms with Crippen LogP contribution < -0.4 is 5.73 Å². The average Bonchev–Trinajstić information content (AvgIpc) is 2.57. The summed E-state index contributed by atoms with van der Waals surface area (Å²) in [5.74, 6) is 0.585. The fourth-order valence-corrected chi connectivity index (χ4v) is 2.73. The minimum absolute atomic E-state index is 0. The van der Waals surface area contributed by atoms with Crippen LogP contribution in [0.15, 0.2) is 30.3 Å². The summed E-state index contributed by atoms with van der Waals surface area (Å²) < 4.78 is 0. The van der Waals surface area contributed by atoms with E-state index in [-0.39, 0.29) is 42.8 Å². The fourth-order valence-electron chi connectivity index (χ4n) is 2.73. The Kier molecular flexibility index (Phi) is 14.2. The van der Waals surface area contributed by atoms with Crippen LogP contribution in [0.3, 0.4) is 0 Å². The summed E-state index contributed by atoms with van der Waals surface area (Å²) in [4.78, 5) is 17.1. The van der Waals surface area contributed by atoms with Gasteiger partial charge in [0.15, 0.2) is 0 Å². The summed E-state index contributed by atoms with van der Waals surface area (Å²) in [6, 6.07) is 9.96. The molecule has 0 saturated heterocycles. The highest BCUT2D eigenvalue weighted by Crippen LogP contribution is 2.23. The molecule has 0 aliphatic rings. The van der Waals surface area contributed by atoms with Gasteiger partial charge in [-0.25, -0.2) is 0 Å². The first-order valence-corrected chi connectivity index (χ1v) is 8.71. The second-order valence-electron chi connectivity index (χ2n) is 6.49. The number of benzene rings is 1. The van der Waals surface area contributed by atoms with E-state index in [2.05, 4.69) is 32.6 Å². The average molecular weight is 392 g/mol. The monoisotopic (exact) mass is 391 g/mol. The number of halogens is 2. The van der Waals surface area contributed by atoms with Gasteiger partial charge in [-0.05, 0) is 31.0 Å². The van der Waals surface area contributed by atoms with Crippen molar-refractivity contribution in [3.63, 3.8) is 0 Å². The molecule has 1 amide bonds. The molecule has 1 aromatic rings. The van der Waals surface area contributed by atoms with E-state index in [0.29, 0.717) is 12.5 Å². The molecule has 0 radical (unpaired) electrons. The zero-order valence-corrected chi connectivity index (χ0v) is 17.8. The van der Waals surface area contributed by atoms with Crippen molar-refractivity contribution >= 4 is 30.7 Å². The lowest BCUT2D eigenvalue weighted by Crippen LogP contribution is -2.43. The van der Waals surface area contributed by atoms with Crippen molar-refractivity contribution in [1.29, 1.82) is 0 Å². The Morgan fingerprint density at radius 3 is 2.04 bits per heavy atom. The second kappa shape index (κ2) is 13.4. The molecule has 1 aromatic carbocycles. The van der Waals surface area contributed by atoms with Gasteiger partial charge in [-0.1, -0.05) is 58.0 Å². The standard InChI is InChI=1S/C19H33N3O.2ClH/c1-6-22(7-2)18(16-11-9-8-10-12-16)19(23)21(5)14-13-17(20)15(3)4;;/h8-12,15,17-18H,6-7,13-14,20H2,1-5H3;2*1H. The van der Waals surface area contributed by atoms with Crippen LogP contribution in [0.5, 0.6) is 0 Å². The van der Waals surface area contributed by atoms with E-state index in [1.807, 2.05) is 42.3 Å². The van der Waals surface area contributed by atoms with Crippen LogP contribution in [0.25, 0.3) is 0 Å². The molecule has 1 rings (SSSR count). The first kappa shape index (κ1) is 26.4. The first-order valence-electron chi connectivity index (χ1n) is 8.71. The summed E-state index contributed by atoms with van der Waals surface area (Å²) in [5.41, 5.74) is 7.17. The van der Waals surface area contributed by atoms with E-state index in [4.69, 9.17) is 5.73 Å². The zero-order chi connectivity index (χ0) is 17.4. The molecule has 4 nitrogen and oxygen atoms in total. The normalized spacial score (nSPS) is 13.0. The van der Waals surface area contributed by atoms with Crippen LogP contribution in [0, 0.1) is 5.92 Å². The summed E-state index contributed by atoms with van der Waals surface area (Å²) >= 11 is 0. The SMILES string of the molecule is CCN(CC)C(C(=O)N(C)CCC(N)C(C)C)c1ccccc1.Cl.Cl. The Morgan fingerprint density at radius 2 is 1.60 bits per heavy atom. The van der Waals surface area contributed by atoms with Crippen LogP contribution in [-0.4, -0.2) is 48.4 Å². The quantitative estimate of drug-likeness (QED) is 0.697. The third-order valence-corrected chi connectivity index (χ3v) is 4.56. The van der Waals surface area contributed by atoms with E-state index < -0.39 is 0 Å². The second-order valence-corrected chi connectivity index (χ2v) is 6.49. The zero-order valence-electron chi connectivity index (χ0n) is 16.1.